The third kappa shape index (κ3) is 4.14. The summed E-state index contributed by atoms with van der Waals surface area (Å²) < 4.78 is 11.7. The summed E-state index contributed by atoms with van der Waals surface area (Å²) in [5.41, 5.74) is 0.498. The molecule has 1 aliphatic rings. The summed E-state index contributed by atoms with van der Waals surface area (Å²) in [7, 11) is 1.55. The Labute approximate surface area is 136 Å². The first-order valence-electron chi connectivity index (χ1n) is 6.64. The summed E-state index contributed by atoms with van der Waals surface area (Å²) in [5.74, 6) is 1.85. The molecule has 1 aromatic rings. The van der Waals surface area contributed by atoms with Gasteiger partial charge in [-0.05, 0) is 34.5 Å². The van der Waals surface area contributed by atoms with Crippen molar-refractivity contribution in [1.82, 2.24) is 5.32 Å². The number of benzene rings is 1. The summed E-state index contributed by atoms with van der Waals surface area (Å²) in [6.07, 6.45) is 0.898. The van der Waals surface area contributed by atoms with Crippen LogP contribution in [-0.2, 0) is 0 Å². The van der Waals surface area contributed by atoms with Crippen molar-refractivity contribution in [2.45, 2.75) is 13.3 Å². The van der Waals surface area contributed by atoms with Gasteiger partial charge in [0, 0.05) is 11.3 Å². The summed E-state index contributed by atoms with van der Waals surface area (Å²) in [5, 5.41) is 3.46. The second-order valence-electron chi connectivity index (χ2n) is 4.33. The maximum Gasteiger partial charge on any atom is 0.257 e. The van der Waals surface area contributed by atoms with Gasteiger partial charge in [-0.3, -0.25) is 9.79 Å². The first kappa shape index (κ1) is 16.2. The van der Waals surface area contributed by atoms with Gasteiger partial charge in [-0.15, -0.1) is 0 Å². The number of nitrogens with one attached hydrogen (secondary N) is 1. The third-order valence-electron chi connectivity index (χ3n) is 2.75. The highest BCUT2D eigenvalue weighted by atomic mass is 79.9. The Hall–Kier alpha value is -1.21. The highest BCUT2D eigenvalue weighted by Gasteiger charge is 2.17. The van der Waals surface area contributed by atoms with Crippen LogP contribution in [0.1, 0.15) is 23.7 Å². The van der Waals surface area contributed by atoms with E-state index in [1.54, 1.807) is 31.0 Å². The second kappa shape index (κ2) is 7.70. The molecule has 0 radical (unpaired) electrons. The average Bonchev–Trinajstić information content (AvgIpc) is 2.98. The molecule has 0 saturated carbocycles. The Morgan fingerprint density at radius 2 is 2.33 bits per heavy atom. The molecule has 7 heteroatoms. The van der Waals surface area contributed by atoms with E-state index in [1.807, 2.05) is 6.92 Å². The number of methoxy groups -OCH3 is 1. The zero-order valence-corrected chi connectivity index (χ0v) is 14.3. The van der Waals surface area contributed by atoms with Gasteiger partial charge in [0.2, 0.25) is 0 Å². The van der Waals surface area contributed by atoms with Gasteiger partial charge in [0.25, 0.3) is 5.91 Å². The molecule has 1 aromatic carbocycles. The number of amidine groups is 1. The standard InChI is InChI=1S/C14H17BrN2O3S/c1-3-5-20-12-10(15)7-9(8-11(12)19-2)13(18)17-14-16-4-6-21-14/h7-8H,3-6H2,1-2H3,(H,16,17,18). The van der Waals surface area contributed by atoms with Gasteiger partial charge in [0.05, 0.1) is 24.7 Å². The lowest BCUT2D eigenvalue weighted by Gasteiger charge is -2.14. The van der Waals surface area contributed by atoms with Gasteiger partial charge in [0.1, 0.15) is 0 Å². The van der Waals surface area contributed by atoms with Crippen molar-refractivity contribution in [3.05, 3.63) is 22.2 Å². The minimum Gasteiger partial charge on any atom is -0.493 e. The van der Waals surface area contributed by atoms with Crippen LogP contribution in [-0.4, -0.2) is 37.1 Å². The molecular weight excluding hydrogens is 356 g/mol. The van der Waals surface area contributed by atoms with Crippen LogP contribution in [0.2, 0.25) is 0 Å². The number of nitrogens with zero attached hydrogens (tertiary/aromatic N) is 1. The molecule has 114 valence electrons. The fraction of sp³-hybridized carbons (Fsp3) is 0.429. The number of rotatable bonds is 5. The molecule has 1 N–H and O–H groups in total. The van der Waals surface area contributed by atoms with Gasteiger partial charge in [0.15, 0.2) is 16.7 Å². The molecule has 21 heavy (non-hydrogen) atoms. The highest BCUT2D eigenvalue weighted by molar-refractivity contribution is 9.10. The van der Waals surface area contributed by atoms with Crippen LogP contribution in [0.25, 0.3) is 0 Å². The maximum atomic E-state index is 12.2. The first-order valence-corrected chi connectivity index (χ1v) is 8.42. The number of aliphatic imine (C=N–C) groups is 1. The molecule has 0 fully saturated rings. The van der Waals surface area contributed by atoms with Gasteiger partial charge < -0.3 is 14.8 Å². The molecule has 0 saturated heterocycles. The zero-order chi connectivity index (χ0) is 15.2. The predicted octanol–water partition coefficient (Wildman–Crippen LogP) is 3.08. The van der Waals surface area contributed by atoms with Gasteiger partial charge in [-0.1, -0.05) is 18.7 Å². The number of amides is 1. The van der Waals surface area contributed by atoms with Crippen molar-refractivity contribution in [3.63, 3.8) is 0 Å². The SMILES string of the molecule is CCCOc1c(Br)cc(C(=O)NC2=NCCS2)cc1OC. The molecular formula is C14H17BrN2O3S. The van der Waals surface area contributed by atoms with Crippen LogP contribution in [0.4, 0.5) is 0 Å². The third-order valence-corrected chi connectivity index (χ3v) is 4.23. The van der Waals surface area contributed by atoms with Gasteiger partial charge in [-0.25, -0.2) is 0 Å². The number of thioether (sulfide) groups is 1. The average molecular weight is 373 g/mol. The molecule has 0 bridgehead atoms. The van der Waals surface area contributed by atoms with Crippen LogP contribution in [0.3, 0.4) is 0 Å². The van der Waals surface area contributed by atoms with E-state index in [0.717, 1.165) is 18.7 Å². The van der Waals surface area contributed by atoms with Gasteiger partial charge >= 0.3 is 0 Å². The zero-order valence-electron chi connectivity index (χ0n) is 11.9. The Balaban J connectivity index is 2.20. The van der Waals surface area contributed by atoms with Crippen molar-refractivity contribution >= 4 is 38.8 Å². The van der Waals surface area contributed by atoms with E-state index in [-0.39, 0.29) is 5.91 Å². The van der Waals surface area contributed by atoms with Crippen molar-refractivity contribution in [1.29, 1.82) is 0 Å². The maximum absolute atomic E-state index is 12.2. The fourth-order valence-electron chi connectivity index (χ4n) is 1.78. The van der Waals surface area contributed by atoms with E-state index >= 15 is 0 Å². The number of ether oxygens (including phenoxy) is 2. The number of carbonyl (C=O) groups is 1. The molecule has 5 nitrogen and oxygen atoms in total. The second-order valence-corrected chi connectivity index (χ2v) is 6.27. The van der Waals surface area contributed by atoms with Gasteiger partial charge in [-0.2, -0.15) is 0 Å². The van der Waals surface area contributed by atoms with E-state index < -0.39 is 0 Å². The molecule has 1 amide bonds. The van der Waals surface area contributed by atoms with Crippen molar-refractivity contribution < 1.29 is 14.3 Å². The summed E-state index contributed by atoms with van der Waals surface area (Å²) in [4.78, 5) is 16.4. The molecule has 0 spiro atoms. The number of carbonyl (C=O) groups excluding carboxylic acids is 1. The minimum atomic E-state index is -0.204. The summed E-state index contributed by atoms with van der Waals surface area (Å²) in [6, 6.07) is 3.40. The molecule has 0 aromatic heterocycles. The van der Waals surface area contributed by atoms with E-state index in [2.05, 4.69) is 26.2 Å². The Morgan fingerprint density at radius 3 is 2.95 bits per heavy atom. The van der Waals surface area contributed by atoms with E-state index in [0.29, 0.717) is 33.3 Å². The smallest absolute Gasteiger partial charge is 0.257 e. The van der Waals surface area contributed by atoms with Crippen LogP contribution >= 0.6 is 27.7 Å². The monoisotopic (exact) mass is 372 g/mol. The predicted molar refractivity (Wildman–Crippen MR) is 88.7 cm³/mol. The fourth-order valence-corrected chi connectivity index (χ4v) is 3.06. The van der Waals surface area contributed by atoms with Crippen LogP contribution in [0.5, 0.6) is 11.5 Å². The van der Waals surface area contributed by atoms with Crippen molar-refractivity contribution in [2.24, 2.45) is 4.99 Å². The Bertz CT molecular complexity index is 563. The van der Waals surface area contributed by atoms with E-state index in [1.165, 1.54) is 0 Å². The lowest BCUT2D eigenvalue weighted by Crippen LogP contribution is -2.27. The molecule has 1 heterocycles. The topological polar surface area (TPSA) is 59.9 Å². The lowest BCUT2D eigenvalue weighted by atomic mass is 10.2. The Kier molecular flexibility index (Phi) is 5.93. The molecule has 1 aliphatic heterocycles. The van der Waals surface area contributed by atoms with Crippen LogP contribution < -0.4 is 14.8 Å². The number of halogens is 1. The lowest BCUT2D eigenvalue weighted by molar-refractivity contribution is 0.0977. The minimum absolute atomic E-state index is 0.204. The summed E-state index contributed by atoms with van der Waals surface area (Å²) in [6.45, 7) is 3.37. The van der Waals surface area contributed by atoms with Crippen molar-refractivity contribution in [2.75, 3.05) is 26.0 Å². The van der Waals surface area contributed by atoms with Crippen molar-refractivity contribution in [3.8, 4) is 11.5 Å². The van der Waals surface area contributed by atoms with E-state index in [4.69, 9.17) is 9.47 Å². The molecule has 0 unspecified atom stereocenters. The van der Waals surface area contributed by atoms with E-state index in [9.17, 15) is 4.79 Å². The molecule has 2 rings (SSSR count). The summed E-state index contributed by atoms with van der Waals surface area (Å²) >= 11 is 4.97. The quantitative estimate of drug-likeness (QED) is 0.862. The normalized spacial score (nSPS) is 13.8. The first-order chi connectivity index (χ1) is 10.2. The van der Waals surface area contributed by atoms with Crippen LogP contribution in [0, 0.1) is 0 Å². The number of hydrogen-bond donors (Lipinski definition) is 1. The molecule has 0 aliphatic carbocycles. The Morgan fingerprint density at radius 1 is 1.52 bits per heavy atom. The number of hydrogen-bond acceptors (Lipinski definition) is 5. The largest absolute Gasteiger partial charge is 0.493 e. The highest BCUT2D eigenvalue weighted by Crippen LogP contribution is 2.36. The molecule has 0 atom stereocenters. The van der Waals surface area contributed by atoms with Crippen LogP contribution in [0.15, 0.2) is 21.6 Å².